The number of aromatic nitrogens is 2. The molecule has 1 amide bonds. The van der Waals surface area contributed by atoms with Gasteiger partial charge in [0.15, 0.2) is 5.69 Å². The highest BCUT2D eigenvalue weighted by atomic mass is 35.5. The normalized spacial score (nSPS) is 24.5. The topological polar surface area (TPSA) is 79.8 Å². The molecule has 144 valence electrons. The van der Waals surface area contributed by atoms with E-state index in [9.17, 15) is 4.79 Å². The standard InChI is InChI=1S/C17H26ClN5O3/c1-12-10-22(11-13(2)26-12)4-3-19-16(24)15-14(18)9-20-17(21-15)23-5-7-25-8-6-23/h9,12-13H,3-8,10-11H2,1-2H3,(H,19,24)/t12-,13-/m0/s1. The van der Waals surface area contributed by atoms with E-state index in [1.165, 1.54) is 6.20 Å². The zero-order valence-corrected chi connectivity index (χ0v) is 16.0. The summed E-state index contributed by atoms with van der Waals surface area (Å²) in [6.07, 6.45) is 1.91. The summed E-state index contributed by atoms with van der Waals surface area (Å²) in [5.41, 5.74) is 0.215. The van der Waals surface area contributed by atoms with Crippen LogP contribution in [0.25, 0.3) is 0 Å². The van der Waals surface area contributed by atoms with Gasteiger partial charge in [-0.05, 0) is 13.8 Å². The number of halogens is 1. The lowest BCUT2D eigenvalue weighted by molar-refractivity contribution is -0.0672. The zero-order valence-electron chi connectivity index (χ0n) is 15.3. The van der Waals surface area contributed by atoms with Gasteiger partial charge < -0.3 is 19.7 Å². The lowest BCUT2D eigenvalue weighted by atomic mass is 10.2. The van der Waals surface area contributed by atoms with Gasteiger partial charge >= 0.3 is 0 Å². The number of ether oxygens (including phenoxy) is 2. The molecule has 1 aromatic rings. The molecule has 0 bridgehead atoms. The Balaban J connectivity index is 1.55. The molecule has 2 aliphatic rings. The summed E-state index contributed by atoms with van der Waals surface area (Å²) in [4.78, 5) is 25.4. The lowest BCUT2D eigenvalue weighted by Crippen LogP contribution is -2.48. The average molecular weight is 384 g/mol. The molecule has 9 heteroatoms. The fourth-order valence-corrected chi connectivity index (χ4v) is 3.49. The number of nitrogens with zero attached hydrogens (tertiary/aromatic N) is 4. The molecule has 0 aromatic carbocycles. The highest BCUT2D eigenvalue weighted by Crippen LogP contribution is 2.17. The van der Waals surface area contributed by atoms with Crippen LogP contribution in [0.2, 0.25) is 5.02 Å². The largest absolute Gasteiger partial charge is 0.378 e. The fraction of sp³-hybridized carbons (Fsp3) is 0.706. The van der Waals surface area contributed by atoms with Gasteiger partial charge in [0, 0.05) is 39.3 Å². The number of hydrogen-bond acceptors (Lipinski definition) is 7. The van der Waals surface area contributed by atoms with Crippen LogP contribution in [-0.4, -0.2) is 85.5 Å². The third-order valence-corrected chi connectivity index (χ3v) is 4.73. The van der Waals surface area contributed by atoms with Gasteiger partial charge in [-0.3, -0.25) is 9.69 Å². The Morgan fingerprint density at radius 3 is 2.69 bits per heavy atom. The first-order valence-corrected chi connectivity index (χ1v) is 9.42. The second kappa shape index (κ2) is 8.94. The van der Waals surface area contributed by atoms with Crippen molar-refractivity contribution in [3.8, 4) is 0 Å². The molecule has 3 rings (SSSR count). The molecular formula is C17H26ClN5O3. The van der Waals surface area contributed by atoms with Gasteiger partial charge in [-0.15, -0.1) is 0 Å². The smallest absolute Gasteiger partial charge is 0.271 e. The van der Waals surface area contributed by atoms with Crippen molar-refractivity contribution in [2.24, 2.45) is 0 Å². The van der Waals surface area contributed by atoms with Gasteiger partial charge in [0.05, 0.1) is 36.6 Å². The maximum Gasteiger partial charge on any atom is 0.271 e. The molecule has 2 fully saturated rings. The van der Waals surface area contributed by atoms with Crippen LogP contribution in [-0.2, 0) is 9.47 Å². The summed E-state index contributed by atoms with van der Waals surface area (Å²) >= 11 is 6.14. The molecular weight excluding hydrogens is 358 g/mol. The average Bonchev–Trinajstić information content (AvgIpc) is 2.62. The Labute approximate surface area is 158 Å². The number of carbonyl (C=O) groups excluding carboxylic acids is 1. The molecule has 2 atom stereocenters. The second-order valence-electron chi connectivity index (χ2n) is 6.74. The number of anilines is 1. The number of carbonyl (C=O) groups is 1. The van der Waals surface area contributed by atoms with Crippen molar-refractivity contribution in [1.82, 2.24) is 20.2 Å². The monoisotopic (exact) mass is 383 g/mol. The first-order chi connectivity index (χ1) is 12.5. The van der Waals surface area contributed by atoms with E-state index < -0.39 is 0 Å². The predicted octanol–water partition coefficient (Wildman–Crippen LogP) is 0.806. The van der Waals surface area contributed by atoms with E-state index in [0.717, 1.165) is 19.6 Å². The van der Waals surface area contributed by atoms with Crippen molar-refractivity contribution in [2.75, 3.05) is 57.4 Å². The number of morpholine rings is 2. The SMILES string of the molecule is C[C@H]1CN(CCNC(=O)c2nc(N3CCOCC3)ncc2Cl)C[C@H](C)O1. The minimum atomic E-state index is -0.277. The molecule has 2 saturated heterocycles. The van der Waals surface area contributed by atoms with Gasteiger partial charge in [0.25, 0.3) is 5.91 Å². The van der Waals surface area contributed by atoms with Gasteiger partial charge in [0.2, 0.25) is 5.95 Å². The second-order valence-corrected chi connectivity index (χ2v) is 7.15. The highest BCUT2D eigenvalue weighted by Gasteiger charge is 2.22. The summed E-state index contributed by atoms with van der Waals surface area (Å²) in [7, 11) is 0. The van der Waals surface area contributed by atoms with Crippen molar-refractivity contribution in [3.05, 3.63) is 16.9 Å². The van der Waals surface area contributed by atoms with E-state index in [-0.39, 0.29) is 28.8 Å². The summed E-state index contributed by atoms with van der Waals surface area (Å²) < 4.78 is 11.1. The molecule has 0 unspecified atom stereocenters. The maximum atomic E-state index is 12.5. The van der Waals surface area contributed by atoms with Crippen LogP contribution in [0, 0.1) is 0 Å². The van der Waals surface area contributed by atoms with Crippen molar-refractivity contribution in [1.29, 1.82) is 0 Å². The van der Waals surface area contributed by atoms with Crippen LogP contribution in [0.4, 0.5) is 5.95 Å². The zero-order chi connectivity index (χ0) is 18.5. The number of rotatable bonds is 5. The van der Waals surface area contributed by atoms with Crippen LogP contribution in [0.3, 0.4) is 0 Å². The maximum absolute atomic E-state index is 12.5. The highest BCUT2D eigenvalue weighted by molar-refractivity contribution is 6.33. The Morgan fingerprint density at radius 2 is 2.00 bits per heavy atom. The first kappa shape index (κ1) is 19.3. The minimum Gasteiger partial charge on any atom is -0.378 e. The summed E-state index contributed by atoms with van der Waals surface area (Å²) in [5.74, 6) is 0.236. The van der Waals surface area contributed by atoms with Crippen molar-refractivity contribution >= 4 is 23.5 Å². The third kappa shape index (κ3) is 5.03. The number of nitrogens with one attached hydrogen (secondary N) is 1. The van der Waals surface area contributed by atoms with Crippen molar-refractivity contribution in [3.63, 3.8) is 0 Å². The Bertz CT molecular complexity index is 616. The van der Waals surface area contributed by atoms with Crippen LogP contribution in [0.15, 0.2) is 6.20 Å². The van der Waals surface area contributed by atoms with Crippen LogP contribution < -0.4 is 10.2 Å². The molecule has 8 nitrogen and oxygen atoms in total. The molecule has 0 aliphatic carbocycles. The fourth-order valence-electron chi connectivity index (χ4n) is 3.31. The first-order valence-electron chi connectivity index (χ1n) is 9.04. The Hall–Kier alpha value is -1.48. The minimum absolute atomic E-state index is 0.210. The molecule has 26 heavy (non-hydrogen) atoms. The van der Waals surface area contributed by atoms with Crippen LogP contribution >= 0.6 is 11.6 Å². The molecule has 3 heterocycles. The van der Waals surface area contributed by atoms with E-state index in [1.807, 2.05) is 4.90 Å². The van der Waals surface area contributed by atoms with E-state index in [0.29, 0.717) is 38.8 Å². The summed E-state index contributed by atoms with van der Waals surface area (Å²) in [5, 5.41) is 3.17. The summed E-state index contributed by atoms with van der Waals surface area (Å²) in [6, 6.07) is 0. The molecule has 0 spiro atoms. The molecule has 1 aromatic heterocycles. The summed E-state index contributed by atoms with van der Waals surface area (Å²) in [6.45, 7) is 9.84. The Morgan fingerprint density at radius 1 is 1.31 bits per heavy atom. The Kier molecular flexibility index (Phi) is 6.63. The molecule has 2 aliphatic heterocycles. The predicted molar refractivity (Wildman–Crippen MR) is 98.9 cm³/mol. The van der Waals surface area contributed by atoms with Gasteiger partial charge in [0.1, 0.15) is 0 Å². The number of amides is 1. The van der Waals surface area contributed by atoms with E-state index in [1.54, 1.807) is 0 Å². The van der Waals surface area contributed by atoms with Crippen LogP contribution in [0.1, 0.15) is 24.3 Å². The lowest BCUT2D eigenvalue weighted by Gasteiger charge is -2.35. The van der Waals surface area contributed by atoms with Gasteiger partial charge in [-0.25, -0.2) is 9.97 Å². The molecule has 1 N–H and O–H groups in total. The number of hydrogen-bond donors (Lipinski definition) is 1. The van der Waals surface area contributed by atoms with Crippen molar-refractivity contribution < 1.29 is 14.3 Å². The van der Waals surface area contributed by atoms with E-state index >= 15 is 0 Å². The van der Waals surface area contributed by atoms with Gasteiger partial charge in [-0.2, -0.15) is 0 Å². The third-order valence-electron chi connectivity index (χ3n) is 4.45. The van der Waals surface area contributed by atoms with Crippen molar-refractivity contribution in [2.45, 2.75) is 26.1 Å². The molecule has 0 radical (unpaired) electrons. The van der Waals surface area contributed by atoms with Gasteiger partial charge in [-0.1, -0.05) is 11.6 Å². The van der Waals surface area contributed by atoms with Crippen LogP contribution in [0.5, 0.6) is 0 Å². The van der Waals surface area contributed by atoms with E-state index in [2.05, 4.69) is 34.0 Å². The van der Waals surface area contributed by atoms with E-state index in [4.69, 9.17) is 21.1 Å². The molecule has 0 saturated carbocycles. The quantitative estimate of drug-likeness (QED) is 0.805.